The summed E-state index contributed by atoms with van der Waals surface area (Å²) in [5.74, 6) is 0.508. The third kappa shape index (κ3) is 2.94. The van der Waals surface area contributed by atoms with Crippen LogP contribution in [0.2, 0.25) is 5.02 Å². The Hall–Kier alpha value is -1.85. The molecule has 21 heavy (non-hydrogen) atoms. The first kappa shape index (κ1) is 14.1. The lowest BCUT2D eigenvalue weighted by Crippen LogP contribution is -2.35. The molecular weight excluding hydrogens is 290 g/mol. The highest BCUT2D eigenvalue weighted by Crippen LogP contribution is 2.29. The fourth-order valence-electron chi connectivity index (χ4n) is 2.47. The maximum atomic E-state index is 12.1. The van der Waals surface area contributed by atoms with Gasteiger partial charge in [0.25, 0.3) is 5.91 Å². The van der Waals surface area contributed by atoms with Gasteiger partial charge in [-0.05, 0) is 30.7 Å². The molecule has 1 amide bonds. The molecule has 1 aromatic heterocycles. The average molecular weight is 306 g/mol. The summed E-state index contributed by atoms with van der Waals surface area (Å²) in [5.41, 5.74) is 6.46. The zero-order chi connectivity index (χ0) is 14.8. The molecule has 1 aliphatic heterocycles. The third-order valence-corrected chi connectivity index (χ3v) is 3.94. The van der Waals surface area contributed by atoms with Crippen LogP contribution in [0.3, 0.4) is 0 Å². The molecule has 0 spiro atoms. The summed E-state index contributed by atoms with van der Waals surface area (Å²) >= 11 is 6.13. The van der Waals surface area contributed by atoms with Gasteiger partial charge in [0.05, 0.1) is 5.02 Å². The summed E-state index contributed by atoms with van der Waals surface area (Å²) in [4.78, 5) is 18.1. The fraction of sp³-hybridized carbons (Fsp3) is 0.333. The zero-order valence-corrected chi connectivity index (χ0v) is 12.2. The van der Waals surface area contributed by atoms with E-state index in [-0.39, 0.29) is 18.6 Å². The van der Waals surface area contributed by atoms with Gasteiger partial charge in [-0.2, -0.15) is 0 Å². The lowest BCUT2D eigenvalue weighted by atomic mass is 10.2. The van der Waals surface area contributed by atoms with Gasteiger partial charge < -0.3 is 15.4 Å². The van der Waals surface area contributed by atoms with E-state index in [4.69, 9.17) is 22.1 Å². The number of hydrogen-bond donors (Lipinski definition) is 1. The van der Waals surface area contributed by atoms with Crippen LogP contribution in [0.5, 0.6) is 5.75 Å². The van der Waals surface area contributed by atoms with Gasteiger partial charge in [-0.15, -0.1) is 0 Å². The Morgan fingerprint density at radius 2 is 2.33 bits per heavy atom. The number of nitrogens with zero attached hydrogens (tertiary/aromatic N) is 2. The molecule has 5 nitrogen and oxygen atoms in total. The van der Waals surface area contributed by atoms with Crippen molar-refractivity contribution in [2.75, 3.05) is 19.7 Å². The summed E-state index contributed by atoms with van der Waals surface area (Å²) in [7, 11) is 0. The Labute approximate surface area is 127 Å². The van der Waals surface area contributed by atoms with Crippen LogP contribution in [0.4, 0.5) is 0 Å². The molecule has 0 aliphatic carbocycles. The van der Waals surface area contributed by atoms with E-state index in [1.54, 1.807) is 23.2 Å². The fourth-order valence-corrected chi connectivity index (χ4v) is 2.69. The summed E-state index contributed by atoms with van der Waals surface area (Å²) < 4.78 is 5.63. The van der Waals surface area contributed by atoms with Gasteiger partial charge in [-0.25, -0.2) is 0 Å². The van der Waals surface area contributed by atoms with Crippen molar-refractivity contribution in [2.24, 2.45) is 5.73 Å². The number of benzene rings is 1. The Kier molecular flexibility index (Phi) is 3.94. The first-order valence-corrected chi connectivity index (χ1v) is 7.22. The van der Waals surface area contributed by atoms with Gasteiger partial charge in [0.15, 0.2) is 6.61 Å². The Morgan fingerprint density at radius 1 is 1.48 bits per heavy atom. The number of carbonyl (C=O) groups excluding carboxylic acids is 1. The number of ether oxygens (including phenoxy) is 1. The molecule has 6 heteroatoms. The average Bonchev–Trinajstić information content (AvgIpc) is 2.93. The highest BCUT2D eigenvalue weighted by atomic mass is 35.5. The van der Waals surface area contributed by atoms with E-state index < -0.39 is 0 Å². The molecule has 1 aliphatic rings. The van der Waals surface area contributed by atoms with Gasteiger partial charge in [-0.3, -0.25) is 9.78 Å². The molecule has 2 heterocycles. The molecule has 2 aromatic rings. The predicted octanol–water partition coefficient (Wildman–Crippen LogP) is 1.83. The van der Waals surface area contributed by atoms with E-state index in [1.807, 2.05) is 12.1 Å². The van der Waals surface area contributed by atoms with Crippen LogP contribution in [-0.2, 0) is 4.79 Å². The smallest absolute Gasteiger partial charge is 0.260 e. The lowest BCUT2D eigenvalue weighted by molar-refractivity contribution is -0.132. The lowest BCUT2D eigenvalue weighted by Gasteiger charge is -2.16. The molecule has 2 N–H and O–H groups in total. The monoisotopic (exact) mass is 305 g/mol. The van der Waals surface area contributed by atoms with Gasteiger partial charge in [0.2, 0.25) is 0 Å². The molecule has 1 aromatic carbocycles. The molecule has 1 atom stereocenters. The Bertz CT molecular complexity index is 677. The van der Waals surface area contributed by atoms with Crippen LogP contribution < -0.4 is 10.5 Å². The van der Waals surface area contributed by atoms with E-state index in [0.29, 0.717) is 29.4 Å². The number of fused-ring (bicyclic) bond motifs is 1. The highest BCUT2D eigenvalue weighted by molar-refractivity contribution is 6.35. The Balaban J connectivity index is 1.74. The van der Waals surface area contributed by atoms with E-state index in [9.17, 15) is 4.79 Å². The van der Waals surface area contributed by atoms with Crippen LogP contribution in [-0.4, -0.2) is 41.5 Å². The second-order valence-corrected chi connectivity index (χ2v) is 5.53. The molecule has 110 valence electrons. The summed E-state index contributed by atoms with van der Waals surface area (Å²) in [5, 5.41) is 1.43. The number of rotatable bonds is 3. The van der Waals surface area contributed by atoms with Crippen molar-refractivity contribution in [3.8, 4) is 5.75 Å². The van der Waals surface area contributed by atoms with Crippen molar-refractivity contribution in [3.05, 3.63) is 35.5 Å². The van der Waals surface area contributed by atoms with Crippen molar-refractivity contribution < 1.29 is 9.53 Å². The SMILES string of the molecule is N[C@@H]1CCN(C(=O)COc2ccc(Cl)c3cccnc23)C1. The number of pyridine rings is 1. The molecular formula is C15H16ClN3O2. The van der Waals surface area contributed by atoms with Crippen molar-refractivity contribution in [1.29, 1.82) is 0 Å². The van der Waals surface area contributed by atoms with Crippen molar-refractivity contribution in [2.45, 2.75) is 12.5 Å². The van der Waals surface area contributed by atoms with E-state index in [1.165, 1.54) is 0 Å². The van der Waals surface area contributed by atoms with Crippen molar-refractivity contribution in [1.82, 2.24) is 9.88 Å². The number of amides is 1. The quantitative estimate of drug-likeness (QED) is 0.939. The molecule has 0 unspecified atom stereocenters. The highest BCUT2D eigenvalue weighted by Gasteiger charge is 2.23. The number of likely N-dealkylation sites (tertiary alicyclic amines) is 1. The minimum atomic E-state index is -0.0537. The molecule has 0 radical (unpaired) electrons. The van der Waals surface area contributed by atoms with Crippen LogP contribution in [0, 0.1) is 0 Å². The molecule has 3 rings (SSSR count). The van der Waals surface area contributed by atoms with Crippen LogP contribution in [0.1, 0.15) is 6.42 Å². The molecule has 1 fully saturated rings. The first-order valence-electron chi connectivity index (χ1n) is 6.84. The number of hydrogen-bond acceptors (Lipinski definition) is 4. The maximum Gasteiger partial charge on any atom is 0.260 e. The zero-order valence-electron chi connectivity index (χ0n) is 11.5. The van der Waals surface area contributed by atoms with Crippen LogP contribution in [0.15, 0.2) is 30.5 Å². The van der Waals surface area contributed by atoms with Gasteiger partial charge in [0, 0.05) is 30.7 Å². The second kappa shape index (κ2) is 5.87. The van der Waals surface area contributed by atoms with Crippen LogP contribution >= 0.6 is 11.6 Å². The van der Waals surface area contributed by atoms with E-state index in [0.717, 1.165) is 11.8 Å². The standard InChI is InChI=1S/C15H16ClN3O2/c16-12-3-4-13(15-11(12)2-1-6-18-15)21-9-14(20)19-7-5-10(17)8-19/h1-4,6,10H,5,7-9,17H2/t10-/m1/s1. The number of nitrogens with two attached hydrogens (primary N) is 1. The van der Waals surface area contributed by atoms with Crippen molar-refractivity contribution >= 4 is 28.4 Å². The van der Waals surface area contributed by atoms with Gasteiger partial charge in [0.1, 0.15) is 11.3 Å². The number of halogens is 1. The van der Waals surface area contributed by atoms with Gasteiger partial charge >= 0.3 is 0 Å². The second-order valence-electron chi connectivity index (χ2n) is 5.12. The normalized spacial score (nSPS) is 18.2. The van der Waals surface area contributed by atoms with E-state index in [2.05, 4.69) is 4.98 Å². The number of carbonyl (C=O) groups is 1. The molecule has 0 bridgehead atoms. The van der Waals surface area contributed by atoms with Crippen LogP contribution in [0.25, 0.3) is 10.9 Å². The van der Waals surface area contributed by atoms with E-state index >= 15 is 0 Å². The topological polar surface area (TPSA) is 68.5 Å². The summed E-state index contributed by atoms with van der Waals surface area (Å²) in [6.45, 7) is 1.28. The molecule has 0 saturated carbocycles. The summed E-state index contributed by atoms with van der Waals surface area (Å²) in [6.07, 6.45) is 2.52. The minimum Gasteiger partial charge on any atom is -0.481 e. The third-order valence-electron chi connectivity index (χ3n) is 3.61. The molecule has 1 saturated heterocycles. The minimum absolute atomic E-state index is 0.0139. The first-order chi connectivity index (χ1) is 10.1. The van der Waals surface area contributed by atoms with Crippen molar-refractivity contribution in [3.63, 3.8) is 0 Å². The Morgan fingerprint density at radius 3 is 3.10 bits per heavy atom. The largest absolute Gasteiger partial charge is 0.481 e. The maximum absolute atomic E-state index is 12.1. The van der Waals surface area contributed by atoms with Gasteiger partial charge in [-0.1, -0.05) is 11.6 Å². The predicted molar refractivity (Wildman–Crippen MR) is 81.4 cm³/mol. The summed E-state index contributed by atoms with van der Waals surface area (Å²) in [6, 6.07) is 7.25. The number of aromatic nitrogens is 1.